The van der Waals surface area contributed by atoms with Crippen LogP contribution in [0.1, 0.15) is 96.9 Å². The monoisotopic (exact) mass is 318 g/mol. The van der Waals surface area contributed by atoms with Crippen LogP contribution in [-0.2, 0) is 0 Å². The molecule has 1 fully saturated rings. The maximum absolute atomic E-state index is 2.61. The lowest BCUT2D eigenvalue weighted by Crippen LogP contribution is -2.63. The molecule has 1 saturated carbocycles. The summed E-state index contributed by atoms with van der Waals surface area (Å²) in [6.07, 6.45) is 0. The van der Waals surface area contributed by atoms with Crippen molar-refractivity contribution in [3.63, 3.8) is 0 Å². The minimum absolute atomic E-state index is 0.190. The molecular weight excluding hydrogens is 276 g/mol. The predicted molar refractivity (Wildman–Crippen MR) is 103 cm³/mol. The molecule has 2 aliphatic carbocycles. The highest BCUT2D eigenvalue weighted by Crippen LogP contribution is 2.88. The Morgan fingerprint density at radius 2 is 0.609 bits per heavy atom. The van der Waals surface area contributed by atoms with Crippen LogP contribution in [0.2, 0.25) is 0 Å². The number of hydrogen-bond donors (Lipinski definition) is 0. The van der Waals surface area contributed by atoms with Crippen LogP contribution in [0.5, 0.6) is 0 Å². The van der Waals surface area contributed by atoms with E-state index in [0.29, 0.717) is 0 Å². The summed E-state index contributed by atoms with van der Waals surface area (Å²) < 4.78 is 0. The van der Waals surface area contributed by atoms with Crippen LogP contribution < -0.4 is 0 Å². The third-order valence-corrected chi connectivity index (χ3v) is 11.6. The van der Waals surface area contributed by atoms with Crippen molar-refractivity contribution >= 4 is 0 Å². The topological polar surface area (TPSA) is 0 Å². The second-order valence-electron chi connectivity index (χ2n) is 11.6. The third kappa shape index (κ3) is 1.37. The molecule has 0 bridgehead atoms. The number of hydrogen-bond acceptors (Lipinski definition) is 0. The highest BCUT2D eigenvalue weighted by atomic mass is 14.9. The summed E-state index contributed by atoms with van der Waals surface area (Å²) >= 11 is 0. The lowest BCUT2D eigenvalue weighted by atomic mass is 9.34. The van der Waals surface area contributed by atoms with Crippen molar-refractivity contribution in [3.05, 3.63) is 11.1 Å². The van der Waals surface area contributed by atoms with E-state index in [-0.39, 0.29) is 37.9 Å². The van der Waals surface area contributed by atoms with Gasteiger partial charge in [0.15, 0.2) is 0 Å². The number of fused-ring (bicyclic) bond motifs is 1. The molecule has 2 atom stereocenters. The Balaban J connectivity index is 3.11. The van der Waals surface area contributed by atoms with E-state index in [2.05, 4.69) is 96.9 Å². The van der Waals surface area contributed by atoms with Crippen LogP contribution in [0.4, 0.5) is 0 Å². The maximum atomic E-state index is 2.61. The highest BCUT2D eigenvalue weighted by molar-refractivity contribution is 5.42. The standard InChI is InChI=1S/C23H42/c1-15-16(2)18(5,6)23(14)21(11,12)19(7,8)20(9,10)22(23,13)17(15,3)4/h1-14H3. The van der Waals surface area contributed by atoms with Gasteiger partial charge in [0.25, 0.3) is 0 Å². The van der Waals surface area contributed by atoms with Crippen molar-refractivity contribution in [3.8, 4) is 0 Å². The summed E-state index contributed by atoms with van der Waals surface area (Å²) in [7, 11) is 0. The van der Waals surface area contributed by atoms with Crippen molar-refractivity contribution in [1.82, 2.24) is 0 Å². The largest absolute Gasteiger partial charge is 0.0676 e. The summed E-state index contributed by atoms with van der Waals surface area (Å²) in [6, 6.07) is 0. The molecule has 0 heteroatoms. The minimum Gasteiger partial charge on any atom is -0.0676 e. The summed E-state index contributed by atoms with van der Waals surface area (Å²) in [5, 5.41) is 0. The number of rotatable bonds is 0. The fraction of sp³-hybridized carbons (Fsp3) is 0.913. The molecule has 0 aromatic carbocycles. The van der Waals surface area contributed by atoms with Gasteiger partial charge in [0.2, 0.25) is 0 Å². The molecule has 0 spiro atoms. The Morgan fingerprint density at radius 3 is 0.826 bits per heavy atom. The lowest BCUT2D eigenvalue weighted by Gasteiger charge is -2.69. The van der Waals surface area contributed by atoms with E-state index in [1.165, 1.54) is 0 Å². The normalized spacial score (nSPS) is 42.5. The molecule has 0 heterocycles. The molecule has 134 valence electrons. The van der Waals surface area contributed by atoms with Gasteiger partial charge in [-0.05, 0) is 51.8 Å². The van der Waals surface area contributed by atoms with Crippen LogP contribution in [0, 0.1) is 37.9 Å². The Morgan fingerprint density at radius 1 is 0.391 bits per heavy atom. The van der Waals surface area contributed by atoms with E-state index in [9.17, 15) is 0 Å². The molecule has 0 aromatic rings. The average Bonchev–Trinajstić information content (AvgIpc) is 2.46. The van der Waals surface area contributed by atoms with Gasteiger partial charge in [-0.25, -0.2) is 0 Å². The molecule has 0 N–H and O–H groups in total. The first-order valence-electron chi connectivity index (χ1n) is 9.50. The van der Waals surface area contributed by atoms with E-state index in [1.54, 1.807) is 11.1 Å². The van der Waals surface area contributed by atoms with Crippen molar-refractivity contribution in [2.45, 2.75) is 96.9 Å². The van der Waals surface area contributed by atoms with Crippen molar-refractivity contribution in [1.29, 1.82) is 0 Å². The smallest absolute Gasteiger partial charge is 0.00799 e. The van der Waals surface area contributed by atoms with Gasteiger partial charge < -0.3 is 0 Å². The van der Waals surface area contributed by atoms with Gasteiger partial charge in [-0.3, -0.25) is 0 Å². The highest BCUT2D eigenvalue weighted by Gasteiger charge is 2.82. The van der Waals surface area contributed by atoms with Gasteiger partial charge in [-0.15, -0.1) is 0 Å². The Labute approximate surface area is 146 Å². The van der Waals surface area contributed by atoms with Crippen LogP contribution in [0.3, 0.4) is 0 Å². The molecule has 0 nitrogen and oxygen atoms in total. The molecular formula is C23H42. The molecule has 0 saturated heterocycles. The molecule has 2 rings (SSSR count). The molecule has 0 amide bonds. The quantitative estimate of drug-likeness (QED) is 0.406. The van der Waals surface area contributed by atoms with E-state index < -0.39 is 0 Å². The van der Waals surface area contributed by atoms with Gasteiger partial charge in [-0.2, -0.15) is 0 Å². The second-order valence-corrected chi connectivity index (χ2v) is 11.6. The zero-order valence-corrected chi connectivity index (χ0v) is 18.5. The van der Waals surface area contributed by atoms with Crippen LogP contribution in [-0.4, -0.2) is 0 Å². The Bertz CT molecular complexity index is 529. The van der Waals surface area contributed by atoms with E-state index in [4.69, 9.17) is 0 Å². The fourth-order valence-corrected chi connectivity index (χ4v) is 7.78. The van der Waals surface area contributed by atoms with Crippen molar-refractivity contribution in [2.24, 2.45) is 37.9 Å². The summed E-state index contributed by atoms with van der Waals surface area (Å²) in [5.41, 5.74) is 4.77. The van der Waals surface area contributed by atoms with Gasteiger partial charge in [0.1, 0.15) is 0 Å². The van der Waals surface area contributed by atoms with Gasteiger partial charge in [-0.1, -0.05) is 94.2 Å². The van der Waals surface area contributed by atoms with E-state index in [0.717, 1.165) is 0 Å². The molecule has 0 aliphatic heterocycles. The molecule has 0 radical (unpaired) electrons. The molecule has 0 aromatic heterocycles. The predicted octanol–water partition coefficient (Wildman–Crippen LogP) is 7.49. The van der Waals surface area contributed by atoms with E-state index >= 15 is 0 Å². The van der Waals surface area contributed by atoms with Crippen LogP contribution in [0.15, 0.2) is 11.1 Å². The van der Waals surface area contributed by atoms with Crippen LogP contribution >= 0.6 is 0 Å². The second kappa shape index (κ2) is 4.10. The molecule has 23 heavy (non-hydrogen) atoms. The Hall–Kier alpha value is -0.260. The fourth-order valence-electron chi connectivity index (χ4n) is 7.78. The zero-order valence-electron chi connectivity index (χ0n) is 18.5. The summed E-state index contributed by atoms with van der Waals surface area (Å²) in [6.45, 7) is 35.3. The minimum atomic E-state index is 0.190. The van der Waals surface area contributed by atoms with Gasteiger partial charge in [0.05, 0.1) is 0 Å². The Kier molecular flexibility index (Phi) is 3.40. The van der Waals surface area contributed by atoms with Gasteiger partial charge >= 0.3 is 0 Å². The first-order chi connectivity index (χ1) is 9.82. The van der Waals surface area contributed by atoms with E-state index in [1.807, 2.05) is 0 Å². The maximum Gasteiger partial charge on any atom is -0.00799 e. The molecule has 2 unspecified atom stereocenters. The number of allylic oxidation sites excluding steroid dienone is 2. The first kappa shape index (κ1) is 19.1. The molecule has 2 aliphatic rings. The SMILES string of the molecule is CC1=C(C)C(C)(C)C2(C)C(C)(C)C(C)(C)C(C)(C)C2(C)C1(C)C. The first-order valence-corrected chi connectivity index (χ1v) is 9.50. The van der Waals surface area contributed by atoms with Gasteiger partial charge in [0, 0.05) is 0 Å². The summed E-state index contributed by atoms with van der Waals surface area (Å²) in [4.78, 5) is 0. The van der Waals surface area contributed by atoms with Crippen molar-refractivity contribution < 1.29 is 0 Å². The average molecular weight is 319 g/mol. The summed E-state index contributed by atoms with van der Waals surface area (Å²) in [5.74, 6) is 0. The third-order valence-electron chi connectivity index (χ3n) is 11.6. The van der Waals surface area contributed by atoms with Crippen molar-refractivity contribution in [2.75, 3.05) is 0 Å². The zero-order chi connectivity index (χ0) is 18.7. The lowest BCUT2D eigenvalue weighted by molar-refractivity contribution is -0.164. The van der Waals surface area contributed by atoms with Crippen LogP contribution in [0.25, 0.3) is 0 Å².